The van der Waals surface area contributed by atoms with Crippen molar-refractivity contribution in [3.8, 4) is 0 Å². The number of amides is 1. The molecule has 5 N–H and O–H groups in total. The molecule has 3 atom stereocenters. The summed E-state index contributed by atoms with van der Waals surface area (Å²) in [6.45, 7) is 3.84. The molecule has 0 rings (SSSR count). The molecule has 1 amide bonds. The Balaban J connectivity index is 4.55. The first-order valence-electron chi connectivity index (χ1n) is 14.9. The highest BCUT2D eigenvalue weighted by Gasteiger charge is 2.26. The molecule has 0 radical (unpaired) electrons. The Morgan fingerprint density at radius 1 is 0.850 bits per heavy atom. The van der Waals surface area contributed by atoms with E-state index in [1.54, 1.807) is 6.08 Å². The third-order valence-electron chi connectivity index (χ3n) is 5.83. The molecule has 9 heteroatoms. The smallest absolute Gasteiger partial charge is 0.387 e. The summed E-state index contributed by atoms with van der Waals surface area (Å²) in [6.07, 6.45) is 31.4. The normalized spacial score (nSPS) is 15.6. The number of phosphoric ester groups is 1. The van der Waals surface area contributed by atoms with Crippen LogP contribution in [0.15, 0.2) is 60.8 Å². The number of nitrogens with two attached hydrogens (primary N) is 1. The van der Waals surface area contributed by atoms with Gasteiger partial charge in [0.15, 0.2) is 0 Å². The highest BCUT2D eigenvalue weighted by Crippen LogP contribution is 2.43. The molecule has 8 nitrogen and oxygen atoms in total. The van der Waals surface area contributed by atoms with Gasteiger partial charge in [-0.15, -0.1) is 0 Å². The van der Waals surface area contributed by atoms with Crippen LogP contribution in [0.2, 0.25) is 0 Å². The molecule has 230 valence electrons. The van der Waals surface area contributed by atoms with Gasteiger partial charge in [0.25, 0.3) is 0 Å². The van der Waals surface area contributed by atoms with Gasteiger partial charge >= 0.3 is 7.82 Å². The maximum absolute atomic E-state index is 12.5. The van der Waals surface area contributed by atoms with E-state index in [-0.39, 0.29) is 25.7 Å². The van der Waals surface area contributed by atoms with Gasteiger partial charge in [0.05, 0.1) is 25.4 Å². The molecular weight excluding hydrogens is 527 g/mol. The van der Waals surface area contributed by atoms with E-state index >= 15 is 0 Å². The molecule has 0 bridgehead atoms. The summed E-state index contributed by atoms with van der Waals surface area (Å²) in [7, 11) is -4.34. The molecule has 0 heterocycles. The maximum Gasteiger partial charge on any atom is 0.472 e. The summed E-state index contributed by atoms with van der Waals surface area (Å²) >= 11 is 0. The number of unbranched alkanes of at least 4 members (excludes halogenated alkanes) is 6. The summed E-state index contributed by atoms with van der Waals surface area (Å²) in [6, 6.07) is -0.890. The number of aliphatic hydroxyl groups excluding tert-OH is 1. The Hall–Kier alpha value is -1.80. The number of hydrogen-bond acceptors (Lipinski definition) is 6. The number of phosphoric acid groups is 1. The van der Waals surface area contributed by atoms with Crippen molar-refractivity contribution < 1.29 is 28.4 Å². The van der Waals surface area contributed by atoms with Crippen molar-refractivity contribution in [2.45, 2.75) is 109 Å². The van der Waals surface area contributed by atoms with Crippen LogP contribution in [0.3, 0.4) is 0 Å². The van der Waals surface area contributed by atoms with Crippen LogP contribution >= 0.6 is 7.82 Å². The minimum absolute atomic E-state index is 0.0656. The number of carbonyl (C=O) groups is 1. The average molecular weight is 583 g/mol. The Bertz CT molecular complexity index is 810. The van der Waals surface area contributed by atoms with E-state index in [2.05, 4.69) is 67.8 Å². The van der Waals surface area contributed by atoms with E-state index in [4.69, 9.17) is 14.8 Å². The van der Waals surface area contributed by atoms with Crippen LogP contribution in [0.25, 0.3) is 0 Å². The van der Waals surface area contributed by atoms with Crippen LogP contribution in [-0.4, -0.2) is 47.8 Å². The molecule has 0 aliphatic rings. The van der Waals surface area contributed by atoms with Crippen LogP contribution in [0, 0.1) is 0 Å². The first-order chi connectivity index (χ1) is 19.4. The van der Waals surface area contributed by atoms with Gasteiger partial charge in [0.1, 0.15) is 0 Å². The molecule has 0 aliphatic carbocycles. The van der Waals surface area contributed by atoms with Gasteiger partial charge in [0.2, 0.25) is 5.91 Å². The van der Waals surface area contributed by atoms with Crippen LogP contribution in [0.4, 0.5) is 0 Å². The summed E-state index contributed by atoms with van der Waals surface area (Å²) in [5.41, 5.74) is 5.31. The van der Waals surface area contributed by atoms with E-state index in [0.717, 1.165) is 64.2 Å². The van der Waals surface area contributed by atoms with E-state index in [1.807, 2.05) is 6.08 Å². The second-order valence-electron chi connectivity index (χ2n) is 9.56. The lowest BCUT2D eigenvalue weighted by Gasteiger charge is -2.23. The van der Waals surface area contributed by atoms with Crippen molar-refractivity contribution in [1.29, 1.82) is 0 Å². The predicted octanol–water partition coefficient (Wildman–Crippen LogP) is 6.82. The van der Waals surface area contributed by atoms with E-state index in [1.165, 1.54) is 6.42 Å². The van der Waals surface area contributed by atoms with Crippen LogP contribution in [0.5, 0.6) is 0 Å². The van der Waals surface area contributed by atoms with Gasteiger partial charge in [0, 0.05) is 13.0 Å². The Labute approximate surface area is 243 Å². The summed E-state index contributed by atoms with van der Waals surface area (Å²) < 4.78 is 21.8. The summed E-state index contributed by atoms with van der Waals surface area (Å²) in [5, 5.41) is 13.4. The maximum atomic E-state index is 12.5. The quantitative estimate of drug-likeness (QED) is 0.0500. The average Bonchev–Trinajstić information content (AvgIpc) is 2.93. The van der Waals surface area contributed by atoms with Crippen LogP contribution in [0.1, 0.15) is 97.3 Å². The number of nitrogens with one attached hydrogen (secondary N) is 1. The molecule has 0 saturated heterocycles. The minimum atomic E-state index is -4.34. The highest BCUT2D eigenvalue weighted by molar-refractivity contribution is 7.47. The molecule has 0 fully saturated rings. The lowest BCUT2D eigenvalue weighted by Crippen LogP contribution is -2.45. The van der Waals surface area contributed by atoms with Crippen molar-refractivity contribution in [1.82, 2.24) is 5.32 Å². The van der Waals surface area contributed by atoms with Gasteiger partial charge in [-0.05, 0) is 57.8 Å². The largest absolute Gasteiger partial charge is 0.472 e. The van der Waals surface area contributed by atoms with Crippen LogP contribution < -0.4 is 11.1 Å². The molecule has 0 aromatic carbocycles. The molecule has 0 saturated carbocycles. The fraction of sp³-hybridized carbons (Fsp3) is 0.645. The zero-order valence-electron chi connectivity index (χ0n) is 24.8. The van der Waals surface area contributed by atoms with Gasteiger partial charge in [-0.25, -0.2) is 4.57 Å². The van der Waals surface area contributed by atoms with E-state index < -0.39 is 20.0 Å². The SMILES string of the molecule is CC/C=C\C/C=C\C/C=C\CCCCCC(=O)NC(COP(=O)(O)OCCN)C(O)/C=C/CC/C=C/CCCC. The van der Waals surface area contributed by atoms with Crippen molar-refractivity contribution >= 4 is 13.7 Å². The van der Waals surface area contributed by atoms with Crippen LogP contribution in [-0.2, 0) is 18.4 Å². The fourth-order valence-corrected chi connectivity index (χ4v) is 4.32. The Morgan fingerprint density at radius 3 is 2.17 bits per heavy atom. The second kappa shape index (κ2) is 27.4. The first kappa shape index (κ1) is 38.2. The Morgan fingerprint density at radius 2 is 1.48 bits per heavy atom. The number of aliphatic hydroxyl groups is 1. The van der Waals surface area contributed by atoms with Gasteiger partial charge in [-0.3, -0.25) is 13.8 Å². The zero-order valence-corrected chi connectivity index (χ0v) is 25.7. The lowest BCUT2D eigenvalue weighted by atomic mass is 10.1. The predicted molar refractivity (Wildman–Crippen MR) is 166 cm³/mol. The summed E-state index contributed by atoms with van der Waals surface area (Å²) in [4.78, 5) is 22.3. The van der Waals surface area contributed by atoms with Crippen molar-refractivity contribution in [2.75, 3.05) is 19.8 Å². The molecular formula is C31H55N2O6P. The number of hydrogen-bond donors (Lipinski definition) is 4. The zero-order chi connectivity index (χ0) is 29.7. The third-order valence-corrected chi connectivity index (χ3v) is 6.81. The topological polar surface area (TPSA) is 131 Å². The molecule has 0 aromatic heterocycles. The molecule has 3 unspecified atom stereocenters. The van der Waals surface area contributed by atoms with Crippen molar-refractivity contribution in [3.63, 3.8) is 0 Å². The van der Waals surface area contributed by atoms with Gasteiger partial charge in [-0.2, -0.15) is 0 Å². The standard InChI is InChI=1S/C31H55N2O6P/c1-3-5-7-9-11-13-14-15-16-17-19-21-23-25-31(35)33-29(28-39-40(36,37)38-27-26-32)30(34)24-22-20-18-12-10-8-6-4-2/h5,7,10-13,15-16,22,24,29-30,34H,3-4,6,8-9,14,17-21,23,25-28,32H2,1-2H3,(H,33,35)(H,36,37)/b7-5-,12-10+,13-11-,16-15-,24-22+. The molecule has 0 spiro atoms. The first-order valence-corrected chi connectivity index (χ1v) is 16.4. The monoisotopic (exact) mass is 582 g/mol. The second-order valence-corrected chi connectivity index (χ2v) is 11.0. The molecule has 40 heavy (non-hydrogen) atoms. The van der Waals surface area contributed by atoms with Crippen molar-refractivity contribution in [3.05, 3.63) is 60.8 Å². The van der Waals surface area contributed by atoms with E-state index in [9.17, 15) is 19.4 Å². The summed E-state index contributed by atoms with van der Waals surface area (Å²) in [5.74, 6) is -0.242. The van der Waals surface area contributed by atoms with Gasteiger partial charge in [-0.1, -0.05) is 93.9 Å². The number of rotatable bonds is 26. The third kappa shape index (κ3) is 25.2. The Kier molecular flexibility index (Phi) is 26.1. The fourth-order valence-electron chi connectivity index (χ4n) is 3.56. The number of carbonyl (C=O) groups excluding carboxylic acids is 1. The number of allylic oxidation sites excluding steroid dienone is 9. The van der Waals surface area contributed by atoms with Crippen molar-refractivity contribution in [2.24, 2.45) is 5.73 Å². The highest BCUT2D eigenvalue weighted by atomic mass is 31.2. The molecule has 0 aliphatic heterocycles. The lowest BCUT2D eigenvalue weighted by molar-refractivity contribution is -0.123. The van der Waals surface area contributed by atoms with Gasteiger partial charge < -0.3 is 21.1 Å². The van der Waals surface area contributed by atoms with E-state index in [0.29, 0.717) is 12.8 Å². The minimum Gasteiger partial charge on any atom is -0.387 e. The molecule has 0 aromatic rings.